The molecule has 15 heavy (non-hydrogen) atoms. The quantitative estimate of drug-likeness (QED) is 0.501. The molecule has 2 unspecified atom stereocenters. The fourth-order valence-electron chi connectivity index (χ4n) is 2.57. The molecule has 0 radical (unpaired) electrons. The van der Waals surface area contributed by atoms with E-state index in [9.17, 15) is 9.59 Å². The number of amides is 2. The molecule has 0 spiro atoms. The van der Waals surface area contributed by atoms with Crippen LogP contribution in [0.5, 0.6) is 0 Å². The Balaban J connectivity index is 2.03. The number of fused-ring (bicyclic) bond motifs is 1. The largest absolute Gasteiger partial charge is 0.281 e. The van der Waals surface area contributed by atoms with Gasteiger partial charge in [0.15, 0.2) is 0 Å². The third-order valence-corrected chi connectivity index (χ3v) is 3.32. The van der Waals surface area contributed by atoms with E-state index in [1.165, 1.54) is 4.90 Å². The van der Waals surface area contributed by atoms with Crippen LogP contribution in [0.3, 0.4) is 0 Å². The summed E-state index contributed by atoms with van der Waals surface area (Å²) >= 11 is 0. The number of carbonyl (C=O) groups excluding carboxylic acids is 2. The van der Waals surface area contributed by atoms with Gasteiger partial charge in [0.25, 0.3) is 0 Å². The molecule has 1 aliphatic carbocycles. The third kappa shape index (κ3) is 1.65. The molecule has 2 rings (SSSR count). The first-order chi connectivity index (χ1) is 7.25. The summed E-state index contributed by atoms with van der Waals surface area (Å²) in [7, 11) is 0. The zero-order valence-corrected chi connectivity index (χ0v) is 8.95. The Morgan fingerprint density at radius 2 is 1.87 bits per heavy atom. The number of carbonyl (C=O) groups is 2. The molecule has 1 aliphatic heterocycles. The number of hydrogen-bond acceptors (Lipinski definition) is 2. The van der Waals surface area contributed by atoms with Crippen LogP contribution < -0.4 is 0 Å². The highest BCUT2D eigenvalue weighted by Crippen LogP contribution is 2.39. The topological polar surface area (TPSA) is 37.4 Å². The first-order valence-electron chi connectivity index (χ1n) is 5.50. The van der Waals surface area contributed by atoms with Crippen LogP contribution in [-0.2, 0) is 9.59 Å². The molecule has 0 aromatic heterocycles. The molecule has 3 heteroatoms. The molecular weight excluding hydrogens is 190 g/mol. The van der Waals surface area contributed by atoms with E-state index in [1.54, 1.807) is 6.92 Å². The van der Waals surface area contributed by atoms with Crippen LogP contribution in [0.15, 0.2) is 0 Å². The first kappa shape index (κ1) is 10.2. The molecule has 1 heterocycles. The first-order valence-corrected chi connectivity index (χ1v) is 5.50. The van der Waals surface area contributed by atoms with Crippen molar-refractivity contribution in [3.8, 4) is 11.8 Å². The molecule has 2 atom stereocenters. The van der Waals surface area contributed by atoms with Crippen LogP contribution in [0, 0.1) is 23.7 Å². The van der Waals surface area contributed by atoms with Crippen LogP contribution in [0.2, 0.25) is 0 Å². The van der Waals surface area contributed by atoms with Crippen LogP contribution in [0.4, 0.5) is 0 Å². The van der Waals surface area contributed by atoms with Gasteiger partial charge in [0, 0.05) is 13.0 Å². The minimum Gasteiger partial charge on any atom is -0.281 e. The SMILES string of the molecule is CC#CCCN1C(=O)C2CCCC2C1=O. The van der Waals surface area contributed by atoms with Crippen molar-refractivity contribution in [1.82, 2.24) is 4.90 Å². The Bertz CT molecular complexity index is 328. The second-order valence-electron chi connectivity index (χ2n) is 4.15. The number of rotatable bonds is 2. The fraction of sp³-hybridized carbons (Fsp3) is 0.667. The van der Waals surface area contributed by atoms with E-state index < -0.39 is 0 Å². The lowest BCUT2D eigenvalue weighted by atomic mass is 10.00. The minimum atomic E-state index is -0.00733. The fourth-order valence-corrected chi connectivity index (χ4v) is 2.57. The zero-order valence-electron chi connectivity index (χ0n) is 8.95. The van der Waals surface area contributed by atoms with Gasteiger partial charge in [-0.05, 0) is 19.8 Å². The summed E-state index contributed by atoms with van der Waals surface area (Å²) in [5, 5.41) is 0. The van der Waals surface area contributed by atoms with Crippen molar-refractivity contribution in [3.05, 3.63) is 0 Å². The lowest BCUT2D eigenvalue weighted by molar-refractivity contribution is -0.140. The maximum Gasteiger partial charge on any atom is 0.233 e. The Kier molecular flexibility index (Phi) is 2.77. The van der Waals surface area contributed by atoms with Crippen molar-refractivity contribution in [2.24, 2.45) is 11.8 Å². The maximum absolute atomic E-state index is 11.8. The number of hydrogen-bond donors (Lipinski definition) is 0. The van der Waals surface area contributed by atoms with Gasteiger partial charge >= 0.3 is 0 Å². The van der Waals surface area contributed by atoms with Crippen molar-refractivity contribution in [2.45, 2.75) is 32.6 Å². The average molecular weight is 205 g/mol. The summed E-state index contributed by atoms with van der Waals surface area (Å²) < 4.78 is 0. The van der Waals surface area contributed by atoms with Gasteiger partial charge in [-0.1, -0.05) is 6.42 Å². The zero-order chi connectivity index (χ0) is 10.8. The highest BCUT2D eigenvalue weighted by atomic mass is 16.2. The van der Waals surface area contributed by atoms with Gasteiger partial charge in [-0.3, -0.25) is 14.5 Å². The maximum atomic E-state index is 11.8. The third-order valence-electron chi connectivity index (χ3n) is 3.32. The highest BCUT2D eigenvalue weighted by molar-refractivity contribution is 6.05. The van der Waals surface area contributed by atoms with Gasteiger partial charge < -0.3 is 0 Å². The highest BCUT2D eigenvalue weighted by Gasteiger charge is 2.49. The predicted octanol–water partition coefficient (Wildman–Crippen LogP) is 1.18. The standard InChI is InChI=1S/C12H15NO2/c1-2-3-4-8-13-11(14)9-6-5-7-10(9)12(13)15/h9-10H,4-8H2,1H3. The molecular formula is C12H15NO2. The summed E-state index contributed by atoms with van der Waals surface area (Å²) in [5.41, 5.74) is 0. The van der Waals surface area contributed by atoms with E-state index in [4.69, 9.17) is 0 Å². The summed E-state index contributed by atoms with van der Waals surface area (Å²) in [5.74, 6) is 5.73. The average Bonchev–Trinajstić information content (AvgIpc) is 2.77. The molecule has 0 N–H and O–H groups in total. The second-order valence-corrected chi connectivity index (χ2v) is 4.15. The Labute approximate surface area is 89.8 Å². The van der Waals surface area contributed by atoms with Gasteiger partial charge in [0.2, 0.25) is 11.8 Å². The van der Waals surface area contributed by atoms with Gasteiger partial charge in [-0.15, -0.1) is 11.8 Å². The molecule has 0 aromatic carbocycles. The predicted molar refractivity (Wildman–Crippen MR) is 55.6 cm³/mol. The lowest BCUT2D eigenvalue weighted by Crippen LogP contribution is -2.32. The van der Waals surface area contributed by atoms with Gasteiger partial charge in [-0.25, -0.2) is 0 Å². The molecule has 1 saturated carbocycles. The van der Waals surface area contributed by atoms with Crippen LogP contribution in [-0.4, -0.2) is 23.3 Å². The lowest BCUT2D eigenvalue weighted by Gasteiger charge is -2.13. The molecule has 0 aromatic rings. The molecule has 2 fully saturated rings. The van der Waals surface area contributed by atoms with Gasteiger partial charge in [0.05, 0.1) is 11.8 Å². The Hall–Kier alpha value is -1.30. The van der Waals surface area contributed by atoms with E-state index in [1.807, 2.05) is 0 Å². The van der Waals surface area contributed by atoms with Crippen molar-refractivity contribution in [2.75, 3.05) is 6.54 Å². The number of imide groups is 1. The van der Waals surface area contributed by atoms with E-state index in [0.717, 1.165) is 19.3 Å². The van der Waals surface area contributed by atoms with Crippen molar-refractivity contribution in [1.29, 1.82) is 0 Å². The summed E-state index contributed by atoms with van der Waals surface area (Å²) in [6, 6.07) is 0. The molecule has 2 amide bonds. The monoisotopic (exact) mass is 205 g/mol. The Morgan fingerprint density at radius 3 is 2.40 bits per heavy atom. The minimum absolute atomic E-state index is 0.00733. The van der Waals surface area contributed by atoms with Crippen molar-refractivity contribution >= 4 is 11.8 Å². The number of likely N-dealkylation sites (tertiary alicyclic amines) is 1. The summed E-state index contributed by atoms with van der Waals surface area (Å²) in [6.07, 6.45) is 3.42. The molecule has 3 nitrogen and oxygen atoms in total. The Morgan fingerprint density at radius 1 is 1.27 bits per heavy atom. The van der Waals surface area contributed by atoms with Crippen LogP contribution in [0.1, 0.15) is 32.6 Å². The van der Waals surface area contributed by atoms with Crippen LogP contribution >= 0.6 is 0 Å². The molecule has 80 valence electrons. The molecule has 1 saturated heterocycles. The van der Waals surface area contributed by atoms with E-state index in [0.29, 0.717) is 13.0 Å². The van der Waals surface area contributed by atoms with E-state index >= 15 is 0 Å². The van der Waals surface area contributed by atoms with Gasteiger partial charge in [0.1, 0.15) is 0 Å². The smallest absolute Gasteiger partial charge is 0.233 e. The molecule has 0 bridgehead atoms. The van der Waals surface area contributed by atoms with Crippen molar-refractivity contribution < 1.29 is 9.59 Å². The van der Waals surface area contributed by atoms with E-state index in [-0.39, 0.29) is 23.7 Å². The molecule has 2 aliphatic rings. The summed E-state index contributed by atoms with van der Waals surface area (Å²) in [4.78, 5) is 25.1. The van der Waals surface area contributed by atoms with Crippen molar-refractivity contribution in [3.63, 3.8) is 0 Å². The summed E-state index contributed by atoms with van der Waals surface area (Å²) in [6.45, 7) is 2.24. The van der Waals surface area contributed by atoms with E-state index in [2.05, 4.69) is 11.8 Å². The van der Waals surface area contributed by atoms with Crippen LogP contribution in [0.25, 0.3) is 0 Å². The second kappa shape index (κ2) is 4.06. The van der Waals surface area contributed by atoms with Gasteiger partial charge in [-0.2, -0.15) is 0 Å². The number of nitrogens with zero attached hydrogens (tertiary/aromatic N) is 1. The normalized spacial score (nSPS) is 29.0.